The Labute approximate surface area is 152 Å². The van der Waals surface area contributed by atoms with Gasteiger partial charge in [-0.3, -0.25) is 5.10 Å². The highest BCUT2D eigenvalue weighted by atomic mass is 15.1. The second-order valence-electron chi connectivity index (χ2n) is 7.29. The minimum atomic E-state index is 0.493. The maximum atomic E-state index is 4.57. The van der Waals surface area contributed by atoms with E-state index in [0.717, 1.165) is 46.6 Å². The molecule has 0 aliphatic carbocycles. The Kier molecular flexibility index (Phi) is 3.68. The van der Waals surface area contributed by atoms with Crippen molar-refractivity contribution >= 4 is 27.5 Å². The number of aromatic amines is 2. The number of rotatable bonds is 3. The number of hydrogen-bond donors (Lipinski definition) is 4. The molecule has 0 saturated carbocycles. The Balaban J connectivity index is 1.53. The van der Waals surface area contributed by atoms with Gasteiger partial charge in [0.05, 0.1) is 11.2 Å². The van der Waals surface area contributed by atoms with Gasteiger partial charge in [0.2, 0.25) is 0 Å². The molecule has 1 fully saturated rings. The van der Waals surface area contributed by atoms with Gasteiger partial charge in [-0.15, -0.1) is 0 Å². The van der Waals surface area contributed by atoms with Crippen LogP contribution in [0.4, 0.5) is 5.69 Å². The largest absolute Gasteiger partial charge is 0.381 e. The molecule has 5 rings (SSSR count). The number of nitrogens with one attached hydrogen (secondary N) is 4. The van der Waals surface area contributed by atoms with Crippen molar-refractivity contribution in [2.75, 3.05) is 18.4 Å². The molecular weight excluding hydrogens is 322 g/mol. The van der Waals surface area contributed by atoms with E-state index in [0.29, 0.717) is 6.04 Å². The number of piperidine rings is 1. The lowest BCUT2D eigenvalue weighted by Gasteiger charge is -2.24. The fraction of sp³-hybridized carbons (Fsp3) is 0.286. The summed E-state index contributed by atoms with van der Waals surface area (Å²) in [7, 11) is 0. The molecule has 1 aliphatic rings. The van der Waals surface area contributed by atoms with Crippen molar-refractivity contribution in [3.63, 3.8) is 0 Å². The molecule has 5 heteroatoms. The van der Waals surface area contributed by atoms with Crippen LogP contribution in [0.3, 0.4) is 0 Å². The molecule has 0 spiro atoms. The molecule has 1 aliphatic heterocycles. The van der Waals surface area contributed by atoms with Gasteiger partial charge in [0.15, 0.2) is 0 Å². The molecule has 1 saturated heterocycles. The number of benzene rings is 2. The average Bonchev–Trinajstić information content (AvgIpc) is 3.25. The Morgan fingerprint density at radius 3 is 2.92 bits per heavy atom. The van der Waals surface area contributed by atoms with Gasteiger partial charge in [-0.1, -0.05) is 12.1 Å². The lowest BCUT2D eigenvalue weighted by atomic mass is 10.1. The molecule has 4 aromatic rings. The van der Waals surface area contributed by atoms with E-state index >= 15 is 0 Å². The van der Waals surface area contributed by atoms with Crippen LogP contribution >= 0.6 is 0 Å². The summed E-state index contributed by atoms with van der Waals surface area (Å²) in [6.07, 6.45) is 2.44. The van der Waals surface area contributed by atoms with Crippen LogP contribution in [-0.4, -0.2) is 34.3 Å². The number of aryl methyl sites for hydroxylation is 1. The van der Waals surface area contributed by atoms with Gasteiger partial charge in [-0.05, 0) is 62.2 Å². The molecule has 2 aromatic heterocycles. The van der Waals surface area contributed by atoms with Crippen LogP contribution in [0.15, 0.2) is 42.5 Å². The predicted molar refractivity (Wildman–Crippen MR) is 108 cm³/mol. The lowest BCUT2D eigenvalue weighted by Crippen LogP contribution is -2.38. The monoisotopic (exact) mass is 345 g/mol. The third kappa shape index (κ3) is 2.74. The summed E-state index contributed by atoms with van der Waals surface area (Å²) in [6, 6.07) is 15.6. The van der Waals surface area contributed by atoms with E-state index in [4.69, 9.17) is 0 Å². The van der Waals surface area contributed by atoms with Gasteiger partial charge in [0.25, 0.3) is 0 Å². The first-order chi connectivity index (χ1) is 12.8. The Morgan fingerprint density at radius 1 is 1.08 bits per heavy atom. The number of H-pyrrole nitrogens is 2. The predicted octanol–water partition coefficient (Wildman–Crippen LogP) is 4.18. The van der Waals surface area contributed by atoms with Gasteiger partial charge >= 0.3 is 0 Å². The van der Waals surface area contributed by atoms with Crippen LogP contribution in [0.1, 0.15) is 18.4 Å². The van der Waals surface area contributed by atoms with E-state index in [9.17, 15) is 0 Å². The van der Waals surface area contributed by atoms with Crippen LogP contribution in [0.5, 0.6) is 0 Å². The molecule has 5 nitrogen and oxygen atoms in total. The van der Waals surface area contributed by atoms with Gasteiger partial charge < -0.3 is 15.6 Å². The van der Waals surface area contributed by atoms with Crippen molar-refractivity contribution in [2.45, 2.75) is 25.8 Å². The first-order valence-electron chi connectivity index (χ1n) is 9.31. The summed E-state index contributed by atoms with van der Waals surface area (Å²) in [4.78, 5) is 3.52. The maximum absolute atomic E-state index is 4.57. The highest BCUT2D eigenvalue weighted by Crippen LogP contribution is 2.30. The van der Waals surface area contributed by atoms with Crippen LogP contribution in [0.25, 0.3) is 33.2 Å². The summed E-state index contributed by atoms with van der Waals surface area (Å²) in [5.41, 5.74) is 6.64. The molecule has 26 heavy (non-hydrogen) atoms. The molecule has 1 unspecified atom stereocenters. The summed E-state index contributed by atoms with van der Waals surface area (Å²) in [5.74, 6) is 0. The molecule has 132 valence electrons. The van der Waals surface area contributed by atoms with E-state index in [1.165, 1.54) is 23.8 Å². The Bertz CT molecular complexity index is 1070. The fourth-order valence-corrected chi connectivity index (χ4v) is 3.89. The van der Waals surface area contributed by atoms with Crippen LogP contribution in [-0.2, 0) is 0 Å². The number of nitrogens with zero attached hydrogens (tertiary/aromatic N) is 1. The van der Waals surface area contributed by atoms with Crippen LogP contribution in [0, 0.1) is 6.92 Å². The molecule has 0 amide bonds. The fourth-order valence-electron chi connectivity index (χ4n) is 3.89. The second kappa shape index (κ2) is 6.18. The van der Waals surface area contributed by atoms with Crippen LogP contribution < -0.4 is 10.6 Å². The van der Waals surface area contributed by atoms with Crippen molar-refractivity contribution in [3.8, 4) is 11.4 Å². The smallest absolute Gasteiger partial charge is 0.116 e. The first kappa shape index (κ1) is 15.5. The van der Waals surface area contributed by atoms with Crippen molar-refractivity contribution in [1.29, 1.82) is 0 Å². The summed E-state index contributed by atoms with van der Waals surface area (Å²) < 4.78 is 0. The summed E-state index contributed by atoms with van der Waals surface area (Å²) in [6.45, 7) is 4.27. The van der Waals surface area contributed by atoms with Crippen LogP contribution in [0.2, 0.25) is 0 Å². The molecular formula is C21H23N5. The number of fused-ring (bicyclic) bond motifs is 2. The topological polar surface area (TPSA) is 68.5 Å². The average molecular weight is 345 g/mol. The van der Waals surface area contributed by atoms with E-state index in [1.54, 1.807) is 0 Å². The maximum Gasteiger partial charge on any atom is 0.116 e. The number of hydrogen-bond acceptors (Lipinski definition) is 3. The highest BCUT2D eigenvalue weighted by Gasteiger charge is 2.15. The Hall–Kier alpha value is -2.79. The van der Waals surface area contributed by atoms with Gasteiger partial charge in [-0.25, -0.2) is 0 Å². The van der Waals surface area contributed by atoms with Crippen molar-refractivity contribution < 1.29 is 0 Å². The summed E-state index contributed by atoms with van der Waals surface area (Å²) in [5, 5.41) is 17.2. The highest BCUT2D eigenvalue weighted by molar-refractivity contribution is 5.97. The third-order valence-electron chi connectivity index (χ3n) is 5.26. The van der Waals surface area contributed by atoms with Gasteiger partial charge in [0, 0.05) is 34.6 Å². The van der Waals surface area contributed by atoms with Gasteiger partial charge in [0.1, 0.15) is 5.69 Å². The minimum absolute atomic E-state index is 0.493. The normalized spacial score (nSPS) is 17.8. The SMILES string of the molecule is Cc1ccc2cc(-c3n[nH]c4ccc(NC5CCCNC5)cc34)[nH]c2c1. The van der Waals surface area contributed by atoms with Crippen molar-refractivity contribution in [2.24, 2.45) is 0 Å². The first-order valence-corrected chi connectivity index (χ1v) is 9.31. The van der Waals surface area contributed by atoms with E-state index in [-0.39, 0.29) is 0 Å². The zero-order valence-corrected chi connectivity index (χ0v) is 14.9. The number of anilines is 1. The molecule has 4 N–H and O–H groups in total. The molecule has 0 bridgehead atoms. The van der Waals surface area contributed by atoms with E-state index in [2.05, 4.69) is 75.2 Å². The standard InChI is InChI=1S/C21H23N5/c1-13-4-5-14-10-20(24-19(14)9-13)21-17-11-15(6-7-18(17)25-26-21)23-16-3-2-8-22-12-16/h4-7,9-11,16,22-24H,2-3,8,12H2,1H3,(H,25,26). The van der Waals surface area contributed by atoms with E-state index < -0.39 is 0 Å². The Morgan fingerprint density at radius 2 is 2.04 bits per heavy atom. The third-order valence-corrected chi connectivity index (χ3v) is 5.26. The molecule has 2 aromatic carbocycles. The summed E-state index contributed by atoms with van der Waals surface area (Å²) >= 11 is 0. The van der Waals surface area contributed by atoms with Crippen molar-refractivity contribution in [3.05, 3.63) is 48.0 Å². The lowest BCUT2D eigenvalue weighted by molar-refractivity contribution is 0.480. The molecule has 0 radical (unpaired) electrons. The van der Waals surface area contributed by atoms with Gasteiger partial charge in [-0.2, -0.15) is 5.10 Å². The van der Waals surface area contributed by atoms with Crippen molar-refractivity contribution in [1.82, 2.24) is 20.5 Å². The minimum Gasteiger partial charge on any atom is -0.381 e. The quantitative estimate of drug-likeness (QED) is 0.450. The molecule has 3 heterocycles. The molecule has 1 atom stereocenters. The second-order valence-corrected chi connectivity index (χ2v) is 7.29. The van der Waals surface area contributed by atoms with E-state index in [1.807, 2.05) is 0 Å². The number of aromatic nitrogens is 3. The zero-order valence-electron chi connectivity index (χ0n) is 14.9. The zero-order chi connectivity index (χ0) is 17.5.